The first-order valence-electron chi connectivity index (χ1n) is 5.92. The van der Waals surface area contributed by atoms with Crippen LogP contribution in [0.15, 0.2) is 30.3 Å². The Kier molecular flexibility index (Phi) is 4.70. The third-order valence-electron chi connectivity index (χ3n) is 2.51. The average Bonchev–Trinajstić information content (AvgIpc) is 2.25. The van der Waals surface area contributed by atoms with Crippen LogP contribution in [0.2, 0.25) is 0 Å². The van der Waals surface area contributed by atoms with Gasteiger partial charge in [-0.05, 0) is 24.8 Å². The summed E-state index contributed by atoms with van der Waals surface area (Å²) in [5, 5.41) is 0. The van der Waals surface area contributed by atoms with Gasteiger partial charge in [-0.3, -0.25) is 4.79 Å². The molecular weight excluding hydrogens is 214 g/mol. The Balaban J connectivity index is 2.49. The molecule has 1 aromatic rings. The smallest absolute Gasteiger partial charge is 0.326 e. The van der Waals surface area contributed by atoms with Gasteiger partial charge >= 0.3 is 5.97 Å². The van der Waals surface area contributed by atoms with Crippen LogP contribution < -0.4 is 5.73 Å². The lowest BCUT2D eigenvalue weighted by molar-refractivity contribution is -0.151. The van der Waals surface area contributed by atoms with Crippen LogP contribution in [0.5, 0.6) is 0 Å². The molecule has 94 valence electrons. The van der Waals surface area contributed by atoms with Gasteiger partial charge in [-0.15, -0.1) is 0 Å². The second-order valence-corrected chi connectivity index (χ2v) is 5.08. The zero-order valence-electron chi connectivity index (χ0n) is 10.8. The molecule has 2 N–H and O–H groups in total. The highest BCUT2D eigenvalue weighted by Crippen LogP contribution is 2.16. The van der Waals surface area contributed by atoms with Crippen molar-refractivity contribution in [2.45, 2.75) is 39.3 Å². The van der Waals surface area contributed by atoms with Crippen LogP contribution in [-0.2, 0) is 16.1 Å². The minimum absolute atomic E-state index is 0.282. The molecule has 0 aromatic heterocycles. The summed E-state index contributed by atoms with van der Waals surface area (Å²) in [6, 6.07) is 9.60. The van der Waals surface area contributed by atoms with Crippen LogP contribution in [0.25, 0.3) is 0 Å². The Bertz CT molecular complexity index is 358. The fraction of sp³-hybridized carbons (Fsp3) is 0.500. The minimum Gasteiger partial charge on any atom is -0.459 e. The van der Waals surface area contributed by atoms with Crippen molar-refractivity contribution in [2.24, 2.45) is 11.7 Å². The van der Waals surface area contributed by atoms with Gasteiger partial charge in [0.1, 0.15) is 12.1 Å². The molecule has 0 saturated heterocycles. The van der Waals surface area contributed by atoms with E-state index in [1.54, 1.807) is 6.92 Å². The van der Waals surface area contributed by atoms with Crippen molar-refractivity contribution in [3.05, 3.63) is 35.9 Å². The number of rotatable bonds is 5. The van der Waals surface area contributed by atoms with Crippen LogP contribution in [0.4, 0.5) is 0 Å². The van der Waals surface area contributed by atoms with E-state index in [0.29, 0.717) is 12.3 Å². The third kappa shape index (κ3) is 4.57. The maximum atomic E-state index is 11.8. The number of benzene rings is 1. The number of hydrogen-bond donors (Lipinski definition) is 1. The summed E-state index contributed by atoms with van der Waals surface area (Å²) < 4.78 is 5.23. The van der Waals surface area contributed by atoms with E-state index >= 15 is 0 Å². The van der Waals surface area contributed by atoms with E-state index in [9.17, 15) is 4.79 Å². The molecule has 0 aliphatic heterocycles. The lowest BCUT2D eigenvalue weighted by atomic mass is 9.92. The standard InChI is InChI=1S/C14H21NO2/c1-11(2)9-14(3,15)13(16)17-10-12-7-5-4-6-8-12/h4-8,11H,9-10,15H2,1-3H3/t14-/m0/s1. The summed E-state index contributed by atoms with van der Waals surface area (Å²) >= 11 is 0. The summed E-state index contributed by atoms with van der Waals surface area (Å²) in [6.07, 6.45) is 0.626. The van der Waals surface area contributed by atoms with Crippen LogP contribution >= 0.6 is 0 Å². The summed E-state index contributed by atoms with van der Waals surface area (Å²) in [6.45, 7) is 6.08. The lowest BCUT2D eigenvalue weighted by Crippen LogP contribution is -2.47. The highest BCUT2D eigenvalue weighted by atomic mass is 16.5. The fourth-order valence-corrected chi connectivity index (χ4v) is 1.82. The van der Waals surface area contributed by atoms with E-state index in [4.69, 9.17) is 10.5 Å². The molecule has 0 bridgehead atoms. The molecule has 1 rings (SSSR count). The van der Waals surface area contributed by atoms with Gasteiger partial charge in [-0.25, -0.2) is 0 Å². The van der Waals surface area contributed by atoms with Gasteiger partial charge in [0.25, 0.3) is 0 Å². The zero-order chi connectivity index (χ0) is 12.9. The molecule has 0 spiro atoms. The quantitative estimate of drug-likeness (QED) is 0.798. The van der Waals surface area contributed by atoms with E-state index in [2.05, 4.69) is 0 Å². The lowest BCUT2D eigenvalue weighted by Gasteiger charge is -2.24. The monoisotopic (exact) mass is 235 g/mol. The van der Waals surface area contributed by atoms with Gasteiger partial charge in [0.2, 0.25) is 0 Å². The van der Waals surface area contributed by atoms with Crippen LogP contribution in [-0.4, -0.2) is 11.5 Å². The molecule has 3 nitrogen and oxygen atoms in total. The van der Waals surface area contributed by atoms with E-state index in [1.807, 2.05) is 44.2 Å². The molecule has 3 heteroatoms. The molecule has 0 saturated carbocycles. The molecular formula is C14H21NO2. The average molecular weight is 235 g/mol. The maximum absolute atomic E-state index is 11.8. The first-order valence-corrected chi connectivity index (χ1v) is 5.92. The normalized spacial score (nSPS) is 14.4. The summed E-state index contributed by atoms with van der Waals surface area (Å²) in [7, 11) is 0. The van der Waals surface area contributed by atoms with E-state index in [0.717, 1.165) is 5.56 Å². The highest BCUT2D eigenvalue weighted by Gasteiger charge is 2.30. The number of nitrogens with two attached hydrogens (primary N) is 1. The first kappa shape index (κ1) is 13.7. The highest BCUT2D eigenvalue weighted by molar-refractivity contribution is 5.80. The largest absolute Gasteiger partial charge is 0.459 e. The Morgan fingerprint density at radius 2 is 1.94 bits per heavy atom. The minimum atomic E-state index is -0.900. The van der Waals surface area contributed by atoms with Gasteiger partial charge < -0.3 is 10.5 Å². The van der Waals surface area contributed by atoms with Gasteiger partial charge in [-0.2, -0.15) is 0 Å². The van der Waals surface area contributed by atoms with Crippen LogP contribution in [0.1, 0.15) is 32.8 Å². The Morgan fingerprint density at radius 1 is 1.35 bits per heavy atom. The Labute approximate surface area is 103 Å². The van der Waals surface area contributed by atoms with Crippen molar-refractivity contribution < 1.29 is 9.53 Å². The summed E-state index contributed by atoms with van der Waals surface area (Å²) in [4.78, 5) is 11.8. The zero-order valence-corrected chi connectivity index (χ0v) is 10.8. The van der Waals surface area contributed by atoms with E-state index < -0.39 is 5.54 Å². The Hall–Kier alpha value is -1.35. The van der Waals surface area contributed by atoms with Gasteiger partial charge in [0.05, 0.1) is 0 Å². The number of carbonyl (C=O) groups is 1. The third-order valence-corrected chi connectivity index (χ3v) is 2.51. The number of ether oxygens (including phenoxy) is 1. The van der Waals surface area contributed by atoms with Crippen molar-refractivity contribution in [3.63, 3.8) is 0 Å². The molecule has 0 unspecified atom stereocenters. The molecule has 0 aliphatic rings. The molecule has 17 heavy (non-hydrogen) atoms. The van der Waals surface area contributed by atoms with E-state index in [-0.39, 0.29) is 12.6 Å². The Morgan fingerprint density at radius 3 is 2.47 bits per heavy atom. The topological polar surface area (TPSA) is 52.3 Å². The number of carbonyl (C=O) groups excluding carboxylic acids is 1. The summed E-state index contributed by atoms with van der Waals surface area (Å²) in [5.74, 6) is 0.0318. The van der Waals surface area contributed by atoms with Crippen molar-refractivity contribution in [1.82, 2.24) is 0 Å². The molecule has 1 atom stereocenters. The number of hydrogen-bond acceptors (Lipinski definition) is 3. The maximum Gasteiger partial charge on any atom is 0.326 e. The predicted molar refractivity (Wildman–Crippen MR) is 68.3 cm³/mol. The first-order chi connectivity index (χ1) is 7.92. The molecule has 0 amide bonds. The fourth-order valence-electron chi connectivity index (χ4n) is 1.82. The second-order valence-electron chi connectivity index (χ2n) is 5.08. The van der Waals surface area contributed by atoms with Gasteiger partial charge in [0, 0.05) is 0 Å². The van der Waals surface area contributed by atoms with Crippen LogP contribution in [0, 0.1) is 5.92 Å². The van der Waals surface area contributed by atoms with Crippen molar-refractivity contribution >= 4 is 5.97 Å². The van der Waals surface area contributed by atoms with Crippen LogP contribution in [0.3, 0.4) is 0 Å². The molecule has 0 aliphatic carbocycles. The molecule has 0 fully saturated rings. The second kappa shape index (κ2) is 5.82. The molecule has 0 heterocycles. The molecule has 1 aromatic carbocycles. The van der Waals surface area contributed by atoms with Crippen molar-refractivity contribution in [3.8, 4) is 0 Å². The number of esters is 1. The SMILES string of the molecule is CC(C)C[C@](C)(N)C(=O)OCc1ccccc1. The van der Waals surface area contributed by atoms with E-state index in [1.165, 1.54) is 0 Å². The summed E-state index contributed by atoms with van der Waals surface area (Å²) in [5.41, 5.74) is 6.02. The van der Waals surface area contributed by atoms with Crippen molar-refractivity contribution in [1.29, 1.82) is 0 Å². The van der Waals surface area contributed by atoms with Crippen molar-refractivity contribution in [2.75, 3.05) is 0 Å². The predicted octanol–water partition coefficient (Wildman–Crippen LogP) is 2.49. The molecule has 0 radical (unpaired) electrons. The van der Waals surface area contributed by atoms with Gasteiger partial charge in [-0.1, -0.05) is 44.2 Å². The van der Waals surface area contributed by atoms with Gasteiger partial charge in [0.15, 0.2) is 0 Å².